The molecular weight excluding hydrogens is 242 g/mol. The van der Waals surface area contributed by atoms with Crippen LogP contribution in [-0.4, -0.2) is 24.6 Å². The van der Waals surface area contributed by atoms with E-state index in [-0.39, 0.29) is 11.1 Å². The Bertz CT molecular complexity index is 617. The first kappa shape index (κ1) is 13.2. The van der Waals surface area contributed by atoms with E-state index in [0.717, 1.165) is 11.3 Å². The van der Waals surface area contributed by atoms with Crippen molar-refractivity contribution in [2.24, 2.45) is 0 Å². The summed E-state index contributed by atoms with van der Waals surface area (Å²) in [6.45, 7) is 0.837. The molecule has 0 N–H and O–H groups in total. The number of methoxy groups -OCH3 is 1. The molecule has 0 aliphatic carbocycles. The van der Waals surface area contributed by atoms with Crippen molar-refractivity contribution >= 4 is 6.29 Å². The average molecular weight is 257 g/mol. The Labute approximate surface area is 111 Å². The molecule has 2 rings (SSSR count). The lowest BCUT2D eigenvalue weighted by atomic mass is 10.1. The van der Waals surface area contributed by atoms with Gasteiger partial charge < -0.3 is 9.30 Å². The summed E-state index contributed by atoms with van der Waals surface area (Å²) in [5.74, 6) is 0. The van der Waals surface area contributed by atoms with Crippen LogP contribution in [0, 0.1) is 0 Å². The number of carbonyl (C=O) groups excluding carboxylic acids is 1. The first-order chi connectivity index (χ1) is 9.27. The molecule has 0 atom stereocenters. The van der Waals surface area contributed by atoms with E-state index in [4.69, 9.17) is 4.74 Å². The maximum Gasteiger partial charge on any atom is 0.261 e. The predicted octanol–water partition coefficient (Wildman–Crippen LogP) is 1.97. The van der Waals surface area contributed by atoms with Gasteiger partial charge in [-0.2, -0.15) is 0 Å². The fraction of sp³-hybridized carbons (Fsp3) is 0.200. The Hall–Kier alpha value is -2.20. The van der Waals surface area contributed by atoms with Gasteiger partial charge in [0.1, 0.15) is 0 Å². The van der Waals surface area contributed by atoms with Gasteiger partial charge in [0.25, 0.3) is 5.56 Å². The number of pyridine rings is 1. The van der Waals surface area contributed by atoms with E-state index in [1.807, 2.05) is 30.3 Å². The van der Waals surface area contributed by atoms with Crippen molar-refractivity contribution < 1.29 is 9.53 Å². The number of nitrogens with zero attached hydrogens (tertiary/aromatic N) is 1. The minimum absolute atomic E-state index is 0.163. The van der Waals surface area contributed by atoms with Crippen LogP contribution in [0.2, 0.25) is 0 Å². The van der Waals surface area contributed by atoms with E-state index in [2.05, 4.69) is 0 Å². The smallest absolute Gasteiger partial charge is 0.261 e. The van der Waals surface area contributed by atoms with Crippen LogP contribution in [0.5, 0.6) is 0 Å². The Morgan fingerprint density at radius 3 is 2.53 bits per heavy atom. The molecule has 98 valence electrons. The lowest BCUT2D eigenvalue weighted by Crippen LogP contribution is -2.26. The highest BCUT2D eigenvalue weighted by Gasteiger charge is 2.09. The van der Waals surface area contributed by atoms with Crippen LogP contribution in [0.25, 0.3) is 11.3 Å². The van der Waals surface area contributed by atoms with Crippen LogP contribution in [0.1, 0.15) is 10.4 Å². The standard InChI is InChI=1S/C15H15NO3/c1-19-10-9-16-14(12-5-3-2-4-6-12)8-7-13(11-17)15(16)18/h2-8,11H,9-10H2,1H3. The fourth-order valence-electron chi connectivity index (χ4n) is 1.95. The van der Waals surface area contributed by atoms with Gasteiger partial charge in [-0.25, -0.2) is 0 Å². The second-order valence-corrected chi connectivity index (χ2v) is 4.11. The zero-order chi connectivity index (χ0) is 13.7. The fourth-order valence-corrected chi connectivity index (χ4v) is 1.95. The molecule has 1 heterocycles. The highest BCUT2D eigenvalue weighted by atomic mass is 16.5. The third-order valence-electron chi connectivity index (χ3n) is 2.92. The van der Waals surface area contributed by atoms with Crippen molar-refractivity contribution in [1.82, 2.24) is 4.57 Å². The van der Waals surface area contributed by atoms with E-state index >= 15 is 0 Å². The minimum atomic E-state index is -0.284. The summed E-state index contributed by atoms with van der Waals surface area (Å²) < 4.78 is 6.59. The Morgan fingerprint density at radius 1 is 1.16 bits per heavy atom. The van der Waals surface area contributed by atoms with Crippen LogP contribution in [-0.2, 0) is 11.3 Å². The first-order valence-electron chi connectivity index (χ1n) is 6.01. The van der Waals surface area contributed by atoms with Crippen molar-refractivity contribution in [3.63, 3.8) is 0 Å². The van der Waals surface area contributed by atoms with Crippen molar-refractivity contribution in [1.29, 1.82) is 0 Å². The maximum absolute atomic E-state index is 12.2. The zero-order valence-electron chi connectivity index (χ0n) is 10.7. The average Bonchev–Trinajstić information content (AvgIpc) is 2.46. The molecular formula is C15H15NO3. The second-order valence-electron chi connectivity index (χ2n) is 4.11. The summed E-state index contributed by atoms with van der Waals surface area (Å²) in [7, 11) is 1.58. The monoisotopic (exact) mass is 257 g/mol. The number of hydrogen-bond donors (Lipinski definition) is 0. The number of ether oxygens (including phenoxy) is 1. The molecule has 1 aromatic heterocycles. The lowest BCUT2D eigenvalue weighted by molar-refractivity contribution is 0.112. The molecule has 0 spiro atoms. The van der Waals surface area contributed by atoms with Gasteiger partial charge >= 0.3 is 0 Å². The quantitative estimate of drug-likeness (QED) is 0.769. The first-order valence-corrected chi connectivity index (χ1v) is 6.01. The van der Waals surface area contributed by atoms with Crippen molar-refractivity contribution in [2.45, 2.75) is 6.54 Å². The summed E-state index contributed by atoms with van der Waals surface area (Å²) in [6, 6.07) is 12.9. The van der Waals surface area contributed by atoms with Crippen LogP contribution < -0.4 is 5.56 Å². The molecule has 0 saturated carbocycles. The summed E-state index contributed by atoms with van der Waals surface area (Å²) in [4.78, 5) is 23.0. The Balaban J connectivity index is 2.57. The number of aromatic nitrogens is 1. The third kappa shape index (κ3) is 2.80. The number of carbonyl (C=O) groups is 1. The normalized spacial score (nSPS) is 10.4. The zero-order valence-corrected chi connectivity index (χ0v) is 10.7. The van der Waals surface area contributed by atoms with Gasteiger partial charge in [-0.3, -0.25) is 9.59 Å². The van der Waals surface area contributed by atoms with Gasteiger partial charge in [-0.15, -0.1) is 0 Å². The summed E-state index contributed by atoms with van der Waals surface area (Å²) in [5.41, 5.74) is 1.60. The van der Waals surface area contributed by atoms with E-state index in [1.165, 1.54) is 0 Å². The molecule has 0 saturated heterocycles. The minimum Gasteiger partial charge on any atom is -0.383 e. The van der Waals surface area contributed by atoms with E-state index in [0.29, 0.717) is 19.4 Å². The highest BCUT2D eigenvalue weighted by molar-refractivity contribution is 5.75. The number of rotatable bonds is 5. The lowest BCUT2D eigenvalue weighted by Gasteiger charge is -2.13. The topological polar surface area (TPSA) is 48.3 Å². The number of aldehydes is 1. The third-order valence-corrected chi connectivity index (χ3v) is 2.92. The van der Waals surface area contributed by atoms with Crippen molar-refractivity contribution in [3.05, 3.63) is 58.4 Å². The van der Waals surface area contributed by atoms with Crippen LogP contribution >= 0.6 is 0 Å². The van der Waals surface area contributed by atoms with Gasteiger partial charge in [0.2, 0.25) is 0 Å². The summed E-state index contributed by atoms with van der Waals surface area (Å²) in [5, 5.41) is 0. The molecule has 1 aromatic carbocycles. The molecule has 0 fully saturated rings. The van der Waals surface area contributed by atoms with Gasteiger partial charge in [-0.05, 0) is 17.7 Å². The van der Waals surface area contributed by atoms with E-state index in [1.54, 1.807) is 23.8 Å². The van der Waals surface area contributed by atoms with Gasteiger partial charge in [0, 0.05) is 13.7 Å². The van der Waals surface area contributed by atoms with E-state index < -0.39 is 0 Å². The van der Waals surface area contributed by atoms with Crippen molar-refractivity contribution in [2.75, 3.05) is 13.7 Å². The van der Waals surface area contributed by atoms with Crippen LogP contribution in [0.4, 0.5) is 0 Å². The Kier molecular flexibility index (Phi) is 4.26. The molecule has 0 aliphatic rings. The highest BCUT2D eigenvalue weighted by Crippen LogP contribution is 2.17. The largest absolute Gasteiger partial charge is 0.383 e. The molecule has 0 unspecified atom stereocenters. The van der Waals surface area contributed by atoms with Gasteiger partial charge in [0.15, 0.2) is 6.29 Å². The van der Waals surface area contributed by atoms with E-state index in [9.17, 15) is 9.59 Å². The summed E-state index contributed by atoms with van der Waals surface area (Å²) in [6.07, 6.45) is 0.584. The van der Waals surface area contributed by atoms with Crippen LogP contribution in [0.3, 0.4) is 0 Å². The maximum atomic E-state index is 12.2. The molecule has 0 amide bonds. The molecule has 4 nitrogen and oxygen atoms in total. The molecule has 0 bridgehead atoms. The molecule has 4 heteroatoms. The van der Waals surface area contributed by atoms with Crippen LogP contribution in [0.15, 0.2) is 47.3 Å². The Morgan fingerprint density at radius 2 is 1.89 bits per heavy atom. The SMILES string of the molecule is COCCn1c(-c2ccccc2)ccc(C=O)c1=O. The molecule has 2 aromatic rings. The van der Waals surface area contributed by atoms with Gasteiger partial charge in [-0.1, -0.05) is 30.3 Å². The molecule has 0 radical (unpaired) electrons. The summed E-state index contributed by atoms with van der Waals surface area (Å²) >= 11 is 0. The molecule has 0 aliphatic heterocycles. The molecule has 19 heavy (non-hydrogen) atoms. The second kappa shape index (κ2) is 6.11. The number of benzene rings is 1. The van der Waals surface area contributed by atoms with Crippen molar-refractivity contribution in [3.8, 4) is 11.3 Å². The predicted molar refractivity (Wildman–Crippen MR) is 73.4 cm³/mol. The van der Waals surface area contributed by atoms with Gasteiger partial charge in [0.05, 0.1) is 17.9 Å². The number of hydrogen-bond acceptors (Lipinski definition) is 3.